The molecular formula is C16H15ClO3. The number of hydrogen-bond donors (Lipinski definition) is 0. The zero-order valence-electron chi connectivity index (χ0n) is 11.1. The minimum atomic E-state index is -0.667. The molecule has 0 N–H and O–H groups in total. The second kappa shape index (κ2) is 6.96. The molecule has 1 atom stereocenters. The number of carbonyl (C=O) groups is 1. The molecule has 0 fully saturated rings. The van der Waals surface area contributed by atoms with Gasteiger partial charge in [0.05, 0.1) is 0 Å². The van der Waals surface area contributed by atoms with Gasteiger partial charge in [-0.3, -0.25) is 0 Å². The Morgan fingerprint density at radius 1 is 1.10 bits per heavy atom. The van der Waals surface area contributed by atoms with Crippen LogP contribution in [0.25, 0.3) is 0 Å². The Hall–Kier alpha value is -2.00. The molecule has 0 aliphatic carbocycles. The van der Waals surface area contributed by atoms with Crippen molar-refractivity contribution in [3.8, 4) is 5.75 Å². The van der Waals surface area contributed by atoms with Gasteiger partial charge in [-0.25, -0.2) is 4.79 Å². The Labute approximate surface area is 123 Å². The van der Waals surface area contributed by atoms with Crippen molar-refractivity contribution in [3.63, 3.8) is 0 Å². The first-order valence-electron chi connectivity index (χ1n) is 6.28. The third-order valence-corrected chi connectivity index (χ3v) is 2.93. The van der Waals surface area contributed by atoms with Gasteiger partial charge in [0.15, 0.2) is 6.10 Å². The molecular weight excluding hydrogens is 276 g/mol. The van der Waals surface area contributed by atoms with E-state index in [4.69, 9.17) is 21.1 Å². The first-order valence-corrected chi connectivity index (χ1v) is 6.66. The molecule has 0 aromatic heterocycles. The largest absolute Gasteiger partial charge is 0.479 e. The number of benzene rings is 2. The Morgan fingerprint density at radius 3 is 2.40 bits per heavy atom. The molecule has 104 valence electrons. The fraction of sp³-hybridized carbons (Fsp3) is 0.188. The van der Waals surface area contributed by atoms with E-state index in [1.54, 1.807) is 31.2 Å². The van der Waals surface area contributed by atoms with E-state index in [1.165, 1.54) is 0 Å². The number of carbonyl (C=O) groups excluding carboxylic acids is 1. The lowest BCUT2D eigenvalue weighted by molar-refractivity contribution is -0.152. The quantitative estimate of drug-likeness (QED) is 0.785. The molecule has 0 spiro atoms. The van der Waals surface area contributed by atoms with Crippen LogP contribution in [-0.4, -0.2) is 12.1 Å². The molecule has 0 aliphatic heterocycles. The molecule has 20 heavy (non-hydrogen) atoms. The molecule has 3 nitrogen and oxygen atoms in total. The molecule has 4 heteroatoms. The van der Waals surface area contributed by atoms with Gasteiger partial charge in [0.25, 0.3) is 0 Å². The maximum Gasteiger partial charge on any atom is 0.347 e. The summed E-state index contributed by atoms with van der Waals surface area (Å²) in [5, 5.41) is 0.622. The Kier molecular flexibility index (Phi) is 5.02. The van der Waals surface area contributed by atoms with Crippen molar-refractivity contribution in [2.45, 2.75) is 19.6 Å². The summed E-state index contributed by atoms with van der Waals surface area (Å²) in [6, 6.07) is 16.4. The lowest BCUT2D eigenvalue weighted by atomic mass is 10.2. The molecule has 0 saturated carbocycles. The predicted octanol–water partition coefficient (Wildman–Crippen LogP) is 3.85. The third kappa shape index (κ3) is 4.28. The lowest BCUT2D eigenvalue weighted by Gasteiger charge is -2.14. The van der Waals surface area contributed by atoms with Gasteiger partial charge in [-0.05, 0) is 36.8 Å². The molecule has 0 aliphatic rings. The maximum atomic E-state index is 11.8. The number of esters is 1. The highest BCUT2D eigenvalue weighted by atomic mass is 35.5. The summed E-state index contributed by atoms with van der Waals surface area (Å²) in [7, 11) is 0. The van der Waals surface area contributed by atoms with Crippen molar-refractivity contribution in [2.75, 3.05) is 0 Å². The van der Waals surface area contributed by atoms with E-state index < -0.39 is 12.1 Å². The standard InChI is InChI=1S/C16H15ClO3/c1-12(20-15-9-7-14(17)8-10-15)16(18)19-11-13-5-3-2-4-6-13/h2-10,12H,11H2,1H3/t12-/m1/s1. The zero-order valence-corrected chi connectivity index (χ0v) is 11.8. The molecule has 0 radical (unpaired) electrons. The Bertz CT molecular complexity index is 552. The zero-order chi connectivity index (χ0) is 14.4. The average Bonchev–Trinajstić information content (AvgIpc) is 2.48. The van der Waals surface area contributed by atoms with Crippen LogP contribution in [0.4, 0.5) is 0 Å². The summed E-state index contributed by atoms with van der Waals surface area (Å²) in [5.41, 5.74) is 0.944. The molecule has 2 aromatic rings. The molecule has 0 amide bonds. The second-order valence-corrected chi connectivity index (χ2v) is 4.74. The van der Waals surface area contributed by atoms with Crippen molar-refractivity contribution >= 4 is 17.6 Å². The van der Waals surface area contributed by atoms with Gasteiger partial charge in [0.1, 0.15) is 12.4 Å². The molecule has 2 aromatic carbocycles. The number of ether oxygens (including phenoxy) is 2. The average molecular weight is 291 g/mol. The summed E-state index contributed by atoms with van der Waals surface area (Å²) >= 11 is 5.78. The summed E-state index contributed by atoms with van der Waals surface area (Å²) in [5.74, 6) is 0.183. The fourth-order valence-corrected chi connectivity index (χ4v) is 1.74. The highest BCUT2D eigenvalue weighted by Crippen LogP contribution is 2.17. The normalized spacial score (nSPS) is 11.7. The van der Waals surface area contributed by atoms with Gasteiger partial charge in [-0.15, -0.1) is 0 Å². The van der Waals surface area contributed by atoms with E-state index in [9.17, 15) is 4.79 Å². The summed E-state index contributed by atoms with van der Waals surface area (Å²) in [6.45, 7) is 1.90. The highest BCUT2D eigenvalue weighted by molar-refractivity contribution is 6.30. The maximum absolute atomic E-state index is 11.8. The van der Waals surface area contributed by atoms with E-state index in [-0.39, 0.29) is 6.61 Å². The van der Waals surface area contributed by atoms with Gasteiger partial charge in [-0.1, -0.05) is 41.9 Å². The van der Waals surface area contributed by atoms with E-state index >= 15 is 0 Å². The second-order valence-electron chi connectivity index (χ2n) is 4.31. The van der Waals surface area contributed by atoms with Crippen LogP contribution >= 0.6 is 11.6 Å². The third-order valence-electron chi connectivity index (χ3n) is 2.68. The first-order chi connectivity index (χ1) is 9.65. The molecule has 0 heterocycles. The van der Waals surface area contributed by atoms with Crippen LogP contribution in [0.15, 0.2) is 54.6 Å². The van der Waals surface area contributed by atoms with Crippen LogP contribution in [0, 0.1) is 0 Å². The van der Waals surface area contributed by atoms with Gasteiger partial charge in [0.2, 0.25) is 0 Å². The fourth-order valence-electron chi connectivity index (χ4n) is 1.61. The monoisotopic (exact) mass is 290 g/mol. The van der Waals surface area contributed by atoms with E-state index in [1.807, 2.05) is 30.3 Å². The van der Waals surface area contributed by atoms with Gasteiger partial charge >= 0.3 is 5.97 Å². The summed E-state index contributed by atoms with van der Waals surface area (Å²) in [4.78, 5) is 11.8. The van der Waals surface area contributed by atoms with Gasteiger partial charge in [0, 0.05) is 5.02 Å². The minimum absolute atomic E-state index is 0.244. The van der Waals surface area contributed by atoms with E-state index in [2.05, 4.69) is 0 Å². The van der Waals surface area contributed by atoms with Crippen molar-refractivity contribution in [2.24, 2.45) is 0 Å². The predicted molar refractivity (Wildman–Crippen MR) is 77.8 cm³/mol. The molecule has 2 rings (SSSR count). The van der Waals surface area contributed by atoms with Crippen LogP contribution in [0.3, 0.4) is 0 Å². The van der Waals surface area contributed by atoms with Crippen LogP contribution in [0.5, 0.6) is 5.75 Å². The van der Waals surface area contributed by atoms with Crippen molar-refractivity contribution in [3.05, 3.63) is 65.2 Å². The van der Waals surface area contributed by atoms with Crippen LogP contribution in [-0.2, 0) is 16.1 Å². The Morgan fingerprint density at radius 2 is 1.75 bits per heavy atom. The van der Waals surface area contributed by atoms with Crippen molar-refractivity contribution in [1.82, 2.24) is 0 Å². The molecule has 0 bridgehead atoms. The number of hydrogen-bond acceptors (Lipinski definition) is 3. The van der Waals surface area contributed by atoms with Crippen LogP contribution < -0.4 is 4.74 Å². The van der Waals surface area contributed by atoms with Crippen LogP contribution in [0.1, 0.15) is 12.5 Å². The van der Waals surface area contributed by atoms with E-state index in [0.29, 0.717) is 10.8 Å². The van der Waals surface area contributed by atoms with Crippen molar-refractivity contribution < 1.29 is 14.3 Å². The minimum Gasteiger partial charge on any atom is -0.479 e. The SMILES string of the molecule is C[C@@H](Oc1ccc(Cl)cc1)C(=O)OCc1ccccc1. The number of halogens is 1. The topological polar surface area (TPSA) is 35.5 Å². The summed E-state index contributed by atoms with van der Waals surface area (Å²) < 4.78 is 10.7. The smallest absolute Gasteiger partial charge is 0.347 e. The van der Waals surface area contributed by atoms with Gasteiger partial charge in [-0.2, -0.15) is 0 Å². The van der Waals surface area contributed by atoms with Gasteiger partial charge < -0.3 is 9.47 Å². The highest BCUT2D eigenvalue weighted by Gasteiger charge is 2.16. The Balaban J connectivity index is 1.84. The van der Waals surface area contributed by atoms with Crippen molar-refractivity contribution in [1.29, 1.82) is 0 Å². The first kappa shape index (κ1) is 14.4. The number of rotatable bonds is 5. The van der Waals surface area contributed by atoms with Crippen LogP contribution in [0.2, 0.25) is 5.02 Å². The molecule has 0 saturated heterocycles. The summed E-state index contributed by atoms with van der Waals surface area (Å²) in [6.07, 6.45) is -0.667. The molecule has 0 unspecified atom stereocenters. The van der Waals surface area contributed by atoms with E-state index in [0.717, 1.165) is 5.56 Å². The lowest BCUT2D eigenvalue weighted by Crippen LogP contribution is -2.25.